The number of piperidine rings is 1. The molecule has 0 radical (unpaired) electrons. The van der Waals surface area contributed by atoms with Gasteiger partial charge >= 0.3 is 0 Å². The lowest BCUT2D eigenvalue weighted by Gasteiger charge is -2.42. The number of amides is 1. The molecular formula is C23H26F2N2O2. The minimum absolute atomic E-state index is 0.128. The van der Waals surface area contributed by atoms with E-state index >= 15 is 4.39 Å². The average Bonchev–Trinajstić information content (AvgIpc) is 2.72. The summed E-state index contributed by atoms with van der Waals surface area (Å²) in [4.78, 5) is 20.5. The lowest BCUT2D eigenvalue weighted by molar-refractivity contribution is -0.212. The number of hydrogen-bond acceptors (Lipinski definition) is 3. The van der Waals surface area contributed by atoms with E-state index in [9.17, 15) is 9.18 Å². The van der Waals surface area contributed by atoms with Crippen LogP contribution in [0.2, 0.25) is 0 Å². The Hall–Kier alpha value is -2.31. The third-order valence-electron chi connectivity index (χ3n) is 5.93. The lowest BCUT2D eigenvalue weighted by atomic mass is 9.86. The summed E-state index contributed by atoms with van der Waals surface area (Å²) in [6.45, 7) is 3.62. The van der Waals surface area contributed by atoms with Gasteiger partial charge in [-0.05, 0) is 49.6 Å². The number of aryl methyl sites for hydroxylation is 1. The molecule has 2 aliphatic rings. The van der Waals surface area contributed by atoms with Gasteiger partial charge in [-0.3, -0.25) is 14.5 Å². The lowest BCUT2D eigenvalue weighted by Crippen LogP contribution is -2.56. The maximum atomic E-state index is 15.0. The molecule has 1 amide bonds. The van der Waals surface area contributed by atoms with Crippen LogP contribution >= 0.6 is 0 Å². The zero-order valence-electron chi connectivity index (χ0n) is 16.6. The van der Waals surface area contributed by atoms with Gasteiger partial charge in [0.2, 0.25) is 0 Å². The number of rotatable bonds is 4. The summed E-state index contributed by atoms with van der Waals surface area (Å²) in [5.41, 5.74) is 2.98. The van der Waals surface area contributed by atoms with Crippen molar-refractivity contribution in [3.8, 4) is 0 Å². The molecule has 0 bridgehead atoms. The predicted molar refractivity (Wildman–Crippen MR) is 106 cm³/mol. The van der Waals surface area contributed by atoms with E-state index in [-0.39, 0.29) is 36.8 Å². The van der Waals surface area contributed by atoms with Crippen LogP contribution in [0, 0.1) is 12.7 Å². The van der Waals surface area contributed by atoms with E-state index in [2.05, 4.69) is 0 Å². The molecule has 0 saturated carbocycles. The van der Waals surface area contributed by atoms with Crippen molar-refractivity contribution < 1.29 is 18.4 Å². The van der Waals surface area contributed by atoms with Gasteiger partial charge < -0.3 is 0 Å². The molecular weight excluding hydrogens is 374 g/mol. The van der Waals surface area contributed by atoms with Gasteiger partial charge in [0.1, 0.15) is 12.0 Å². The highest BCUT2D eigenvalue weighted by molar-refractivity contribution is 5.81. The topological polar surface area (TPSA) is 32.8 Å². The number of nitrogens with zero attached hydrogens (tertiary/aromatic N) is 2. The summed E-state index contributed by atoms with van der Waals surface area (Å²) in [6, 6.07) is 13.7. The van der Waals surface area contributed by atoms with Gasteiger partial charge in [0.25, 0.3) is 5.91 Å². The Morgan fingerprint density at radius 3 is 2.48 bits per heavy atom. The van der Waals surface area contributed by atoms with Gasteiger partial charge in [0, 0.05) is 12.5 Å². The summed E-state index contributed by atoms with van der Waals surface area (Å²) in [5, 5.41) is 1.33. The molecule has 0 aliphatic carbocycles. The SMILES string of the molecule is Cc1ccc(C2CCN(C3CCON(Cc4ccc(F)cc4)C3=O)C[C@H]2F)cc1. The van der Waals surface area contributed by atoms with E-state index in [0.29, 0.717) is 26.0 Å². The molecule has 2 unspecified atom stereocenters. The van der Waals surface area contributed by atoms with Crippen molar-refractivity contribution in [3.63, 3.8) is 0 Å². The Bertz CT molecular complexity index is 841. The number of halogens is 2. The third-order valence-corrected chi connectivity index (χ3v) is 5.93. The quantitative estimate of drug-likeness (QED) is 0.778. The largest absolute Gasteiger partial charge is 0.289 e. The van der Waals surface area contributed by atoms with Crippen molar-refractivity contribution in [2.75, 3.05) is 19.7 Å². The van der Waals surface area contributed by atoms with E-state index in [1.165, 1.54) is 17.2 Å². The Morgan fingerprint density at radius 2 is 1.79 bits per heavy atom. The molecule has 29 heavy (non-hydrogen) atoms. The fourth-order valence-electron chi connectivity index (χ4n) is 4.25. The highest BCUT2D eigenvalue weighted by Crippen LogP contribution is 2.32. The van der Waals surface area contributed by atoms with E-state index in [1.54, 1.807) is 12.1 Å². The molecule has 2 aromatic carbocycles. The van der Waals surface area contributed by atoms with Crippen molar-refractivity contribution in [1.82, 2.24) is 9.96 Å². The van der Waals surface area contributed by atoms with Crippen molar-refractivity contribution in [3.05, 3.63) is 71.0 Å². The van der Waals surface area contributed by atoms with Gasteiger partial charge in [0.15, 0.2) is 0 Å². The Balaban J connectivity index is 1.40. The van der Waals surface area contributed by atoms with E-state index in [4.69, 9.17) is 4.84 Å². The van der Waals surface area contributed by atoms with Gasteiger partial charge in [-0.1, -0.05) is 42.0 Å². The first-order valence-corrected chi connectivity index (χ1v) is 10.1. The van der Waals surface area contributed by atoms with Gasteiger partial charge in [-0.15, -0.1) is 0 Å². The molecule has 4 rings (SSSR count). The number of alkyl halides is 1. The van der Waals surface area contributed by atoms with Crippen LogP contribution < -0.4 is 0 Å². The molecule has 2 saturated heterocycles. The summed E-state index contributed by atoms with van der Waals surface area (Å²) in [5.74, 6) is -0.596. The van der Waals surface area contributed by atoms with Crippen LogP contribution in [-0.4, -0.2) is 47.8 Å². The van der Waals surface area contributed by atoms with Crippen molar-refractivity contribution in [2.24, 2.45) is 0 Å². The number of hydroxylamine groups is 2. The number of likely N-dealkylation sites (tertiary alicyclic amines) is 1. The average molecular weight is 400 g/mol. The molecule has 2 heterocycles. The van der Waals surface area contributed by atoms with Crippen LogP contribution in [0.15, 0.2) is 48.5 Å². The number of hydrogen-bond donors (Lipinski definition) is 0. The molecule has 3 atom stereocenters. The Morgan fingerprint density at radius 1 is 1.07 bits per heavy atom. The van der Waals surface area contributed by atoms with Crippen LogP contribution in [-0.2, 0) is 16.2 Å². The number of carbonyl (C=O) groups is 1. The second kappa shape index (κ2) is 8.59. The molecule has 0 spiro atoms. The fourth-order valence-corrected chi connectivity index (χ4v) is 4.25. The van der Waals surface area contributed by atoms with Gasteiger partial charge in [-0.2, -0.15) is 0 Å². The molecule has 2 aliphatic heterocycles. The van der Waals surface area contributed by atoms with Crippen LogP contribution in [0.4, 0.5) is 8.78 Å². The summed E-state index contributed by atoms with van der Waals surface area (Å²) in [7, 11) is 0. The van der Waals surface area contributed by atoms with E-state index in [1.807, 2.05) is 36.1 Å². The first-order valence-electron chi connectivity index (χ1n) is 10.1. The zero-order valence-corrected chi connectivity index (χ0v) is 16.6. The van der Waals surface area contributed by atoms with Crippen molar-refractivity contribution in [2.45, 2.75) is 44.4 Å². The molecule has 2 aromatic rings. The summed E-state index contributed by atoms with van der Waals surface area (Å²) >= 11 is 0. The normalized spacial score (nSPS) is 26.0. The van der Waals surface area contributed by atoms with E-state index < -0.39 is 6.17 Å². The van der Waals surface area contributed by atoms with Gasteiger partial charge in [0.05, 0.1) is 19.2 Å². The van der Waals surface area contributed by atoms with Crippen LogP contribution in [0.5, 0.6) is 0 Å². The summed E-state index contributed by atoms with van der Waals surface area (Å²) < 4.78 is 28.1. The minimum atomic E-state index is -1.01. The van der Waals surface area contributed by atoms with Crippen LogP contribution in [0.1, 0.15) is 35.4 Å². The Labute approximate surface area is 170 Å². The summed E-state index contributed by atoms with van der Waals surface area (Å²) in [6.07, 6.45) is 0.237. The number of carbonyl (C=O) groups excluding carboxylic acids is 1. The van der Waals surface area contributed by atoms with E-state index in [0.717, 1.165) is 16.7 Å². The Kier molecular flexibility index (Phi) is 5.92. The second-order valence-corrected chi connectivity index (χ2v) is 7.96. The maximum Gasteiger partial charge on any atom is 0.263 e. The highest BCUT2D eigenvalue weighted by atomic mass is 19.1. The fraction of sp³-hybridized carbons (Fsp3) is 0.435. The molecule has 6 heteroatoms. The van der Waals surface area contributed by atoms with Crippen molar-refractivity contribution >= 4 is 5.91 Å². The molecule has 154 valence electrons. The zero-order chi connectivity index (χ0) is 20.4. The maximum absolute atomic E-state index is 15.0. The monoisotopic (exact) mass is 400 g/mol. The first kappa shape index (κ1) is 20.0. The number of benzene rings is 2. The molecule has 0 N–H and O–H groups in total. The minimum Gasteiger partial charge on any atom is -0.289 e. The first-order chi connectivity index (χ1) is 14.0. The standard InChI is InChI=1S/C23H26F2N2O2/c1-16-2-6-18(7-3-16)20-10-12-26(15-21(20)25)22-11-13-29-27(23(22)28)14-17-4-8-19(24)9-5-17/h2-9,20-22H,10-15H2,1H3/t20?,21-,22?/m1/s1. The van der Waals surface area contributed by atoms with Crippen LogP contribution in [0.3, 0.4) is 0 Å². The highest BCUT2D eigenvalue weighted by Gasteiger charge is 2.39. The smallest absolute Gasteiger partial charge is 0.263 e. The molecule has 0 aromatic heterocycles. The molecule has 2 fully saturated rings. The van der Waals surface area contributed by atoms with Gasteiger partial charge in [-0.25, -0.2) is 13.8 Å². The third kappa shape index (κ3) is 4.49. The second-order valence-electron chi connectivity index (χ2n) is 7.96. The van der Waals surface area contributed by atoms with Crippen LogP contribution in [0.25, 0.3) is 0 Å². The molecule has 4 nitrogen and oxygen atoms in total. The predicted octanol–water partition coefficient (Wildman–Crippen LogP) is 3.99. The van der Waals surface area contributed by atoms with Crippen molar-refractivity contribution in [1.29, 1.82) is 0 Å².